The van der Waals surface area contributed by atoms with Crippen LogP contribution in [0.4, 0.5) is 0 Å². The number of aromatic hydroxyl groups is 1. The van der Waals surface area contributed by atoms with Gasteiger partial charge in [-0.3, -0.25) is 4.79 Å². The number of aryl methyl sites for hydroxylation is 1. The number of phenols is 1. The first kappa shape index (κ1) is 13.4. The number of H-pyrrole nitrogens is 1. The van der Waals surface area contributed by atoms with Crippen molar-refractivity contribution in [3.8, 4) is 5.75 Å². The van der Waals surface area contributed by atoms with Gasteiger partial charge in [-0.05, 0) is 39.0 Å². The Morgan fingerprint density at radius 2 is 2.16 bits per heavy atom. The van der Waals surface area contributed by atoms with Crippen LogP contribution in [0.25, 0.3) is 10.9 Å². The predicted octanol–water partition coefficient (Wildman–Crippen LogP) is 1.65. The van der Waals surface area contributed by atoms with E-state index in [-0.39, 0.29) is 11.7 Å². The molecule has 0 aliphatic heterocycles. The lowest BCUT2D eigenvalue weighted by Crippen LogP contribution is -2.45. The zero-order valence-corrected chi connectivity index (χ0v) is 11.4. The fourth-order valence-corrected chi connectivity index (χ4v) is 2.00. The Kier molecular flexibility index (Phi) is 3.24. The van der Waals surface area contributed by atoms with Crippen molar-refractivity contribution in [3.63, 3.8) is 0 Å². The van der Waals surface area contributed by atoms with Crippen LogP contribution >= 0.6 is 0 Å². The van der Waals surface area contributed by atoms with Crippen LogP contribution in [0.2, 0.25) is 0 Å². The van der Waals surface area contributed by atoms with E-state index in [9.17, 15) is 9.90 Å². The van der Waals surface area contributed by atoms with Crippen LogP contribution in [0.1, 0.15) is 29.9 Å². The lowest BCUT2D eigenvalue weighted by molar-refractivity contribution is 0.0947. The minimum absolute atomic E-state index is 0.139. The van der Waals surface area contributed by atoms with E-state index >= 15 is 0 Å². The Hall–Kier alpha value is -2.01. The van der Waals surface area contributed by atoms with Gasteiger partial charge in [-0.15, -0.1) is 0 Å². The summed E-state index contributed by atoms with van der Waals surface area (Å²) in [6.45, 7) is 5.92. The molecule has 0 unspecified atom stereocenters. The van der Waals surface area contributed by atoms with Crippen molar-refractivity contribution in [1.82, 2.24) is 10.3 Å². The normalized spacial score (nSPS) is 11.8. The molecule has 0 aliphatic rings. The van der Waals surface area contributed by atoms with Crippen molar-refractivity contribution in [2.45, 2.75) is 26.3 Å². The highest BCUT2D eigenvalue weighted by molar-refractivity contribution is 6.08. The highest BCUT2D eigenvalue weighted by atomic mass is 16.3. The van der Waals surface area contributed by atoms with E-state index in [2.05, 4.69) is 10.3 Å². The van der Waals surface area contributed by atoms with Gasteiger partial charge in [0.05, 0.1) is 5.56 Å². The van der Waals surface area contributed by atoms with Crippen LogP contribution in [0.5, 0.6) is 5.75 Å². The summed E-state index contributed by atoms with van der Waals surface area (Å²) in [6.07, 6.45) is 0. The van der Waals surface area contributed by atoms with Crippen LogP contribution in [0, 0.1) is 6.92 Å². The number of rotatable bonds is 3. The number of aromatic nitrogens is 1. The maximum atomic E-state index is 12.2. The molecule has 0 spiro atoms. The van der Waals surface area contributed by atoms with Gasteiger partial charge in [0.15, 0.2) is 0 Å². The van der Waals surface area contributed by atoms with E-state index < -0.39 is 5.54 Å². The zero-order chi connectivity index (χ0) is 14.2. The fraction of sp³-hybridized carbons (Fsp3) is 0.357. The SMILES string of the molecule is Cc1[nH]c2ccc(O)cc2c1C(=O)NCC(C)(C)N. The van der Waals surface area contributed by atoms with Gasteiger partial charge in [0.2, 0.25) is 0 Å². The van der Waals surface area contributed by atoms with E-state index in [0.717, 1.165) is 11.2 Å². The van der Waals surface area contributed by atoms with Crippen LogP contribution < -0.4 is 11.1 Å². The number of phenolic OH excluding ortho intramolecular Hbond substituents is 1. The van der Waals surface area contributed by atoms with Crippen molar-refractivity contribution in [1.29, 1.82) is 0 Å². The number of amides is 1. The fourth-order valence-electron chi connectivity index (χ4n) is 2.00. The van der Waals surface area contributed by atoms with Crippen molar-refractivity contribution in [2.75, 3.05) is 6.54 Å². The zero-order valence-electron chi connectivity index (χ0n) is 11.4. The lowest BCUT2D eigenvalue weighted by Gasteiger charge is -2.18. The number of nitrogens with two attached hydrogens (primary N) is 1. The summed E-state index contributed by atoms with van der Waals surface area (Å²) in [5.74, 6) is -0.0485. The molecule has 0 atom stereocenters. The molecule has 2 aromatic rings. The average molecular weight is 261 g/mol. The smallest absolute Gasteiger partial charge is 0.253 e. The molecule has 2 rings (SSSR count). The summed E-state index contributed by atoms with van der Waals surface area (Å²) in [5.41, 5.74) is 7.54. The average Bonchev–Trinajstić information content (AvgIpc) is 2.60. The Labute approximate surface area is 111 Å². The Morgan fingerprint density at radius 1 is 1.47 bits per heavy atom. The summed E-state index contributed by atoms with van der Waals surface area (Å²) >= 11 is 0. The summed E-state index contributed by atoms with van der Waals surface area (Å²) in [6, 6.07) is 4.92. The van der Waals surface area contributed by atoms with E-state index in [1.54, 1.807) is 18.2 Å². The van der Waals surface area contributed by atoms with Gasteiger partial charge in [0.1, 0.15) is 5.75 Å². The van der Waals surface area contributed by atoms with E-state index in [4.69, 9.17) is 5.73 Å². The molecule has 1 heterocycles. The number of benzene rings is 1. The number of aromatic amines is 1. The van der Waals surface area contributed by atoms with Crippen LogP contribution in [-0.2, 0) is 0 Å². The number of fused-ring (bicyclic) bond motifs is 1. The second-order valence-electron chi connectivity index (χ2n) is 5.53. The second kappa shape index (κ2) is 4.59. The minimum atomic E-state index is -0.461. The highest BCUT2D eigenvalue weighted by Crippen LogP contribution is 2.25. The monoisotopic (exact) mass is 261 g/mol. The number of nitrogens with one attached hydrogen (secondary N) is 2. The molecule has 0 aliphatic carbocycles. The molecule has 102 valence electrons. The van der Waals surface area contributed by atoms with Gasteiger partial charge in [-0.25, -0.2) is 0 Å². The van der Waals surface area contributed by atoms with Crippen LogP contribution in [0.3, 0.4) is 0 Å². The van der Waals surface area contributed by atoms with Crippen molar-refractivity contribution < 1.29 is 9.90 Å². The number of carbonyl (C=O) groups is 1. The first-order chi connectivity index (χ1) is 8.78. The summed E-state index contributed by atoms with van der Waals surface area (Å²) < 4.78 is 0. The molecule has 5 nitrogen and oxygen atoms in total. The summed E-state index contributed by atoms with van der Waals surface area (Å²) in [7, 11) is 0. The number of hydrogen-bond donors (Lipinski definition) is 4. The topological polar surface area (TPSA) is 91.1 Å². The van der Waals surface area contributed by atoms with Gasteiger partial charge in [-0.2, -0.15) is 0 Å². The van der Waals surface area contributed by atoms with Gasteiger partial charge in [0, 0.05) is 28.7 Å². The molecule has 5 heteroatoms. The van der Waals surface area contributed by atoms with Gasteiger partial charge < -0.3 is 21.1 Å². The standard InChI is InChI=1S/C14H19N3O2/c1-8-12(13(19)16-7-14(2,3)15)10-6-9(18)4-5-11(10)17-8/h4-6,17-18H,7,15H2,1-3H3,(H,16,19). The molecule has 19 heavy (non-hydrogen) atoms. The molecule has 1 amide bonds. The first-order valence-electron chi connectivity index (χ1n) is 6.16. The first-order valence-corrected chi connectivity index (χ1v) is 6.16. The van der Waals surface area contributed by atoms with Crippen molar-refractivity contribution in [2.24, 2.45) is 5.73 Å². The van der Waals surface area contributed by atoms with E-state index in [0.29, 0.717) is 17.5 Å². The largest absolute Gasteiger partial charge is 0.508 e. The molecular weight excluding hydrogens is 242 g/mol. The lowest BCUT2D eigenvalue weighted by atomic mass is 10.1. The van der Waals surface area contributed by atoms with Crippen molar-refractivity contribution in [3.05, 3.63) is 29.5 Å². The summed E-state index contributed by atoms with van der Waals surface area (Å²) in [5, 5.41) is 13.1. The van der Waals surface area contributed by atoms with Crippen molar-refractivity contribution >= 4 is 16.8 Å². The summed E-state index contributed by atoms with van der Waals surface area (Å²) in [4.78, 5) is 15.4. The third-order valence-corrected chi connectivity index (χ3v) is 2.90. The van der Waals surface area contributed by atoms with Gasteiger partial charge >= 0.3 is 0 Å². The Balaban J connectivity index is 2.36. The van der Waals surface area contributed by atoms with Crippen LogP contribution in [0.15, 0.2) is 18.2 Å². The maximum absolute atomic E-state index is 12.2. The molecule has 0 saturated heterocycles. The number of hydrogen-bond acceptors (Lipinski definition) is 3. The molecule has 1 aromatic carbocycles. The molecule has 1 aromatic heterocycles. The minimum Gasteiger partial charge on any atom is -0.508 e. The second-order valence-corrected chi connectivity index (χ2v) is 5.53. The van der Waals surface area contributed by atoms with Gasteiger partial charge in [-0.1, -0.05) is 0 Å². The van der Waals surface area contributed by atoms with E-state index in [1.807, 2.05) is 20.8 Å². The molecule has 0 bridgehead atoms. The molecule has 5 N–H and O–H groups in total. The molecule has 0 radical (unpaired) electrons. The molecular formula is C14H19N3O2. The Bertz CT molecular complexity index is 623. The maximum Gasteiger partial charge on any atom is 0.253 e. The van der Waals surface area contributed by atoms with E-state index in [1.165, 1.54) is 0 Å². The van der Waals surface area contributed by atoms with Crippen LogP contribution in [-0.4, -0.2) is 28.1 Å². The third kappa shape index (κ3) is 2.88. The van der Waals surface area contributed by atoms with Gasteiger partial charge in [0.25, 0.3) is 5.91 Å². The predicted molar refractivity (Wildman–Crippen MR) is 75.3 cm³/mol. The Morgan fingerprint density at radius 3 is 2.79 bits per heavy atom. The third-order valence-electron chi connectivity index (χ3n) is 2.90. The molecule has 0 fully saturated rings. The highest BCUT2D eigenvalue weighted by Gasteiger charge is 2.18. The quantitative estimate of drug-likeness (QED) is 0.677. The molecule has 0 saturated carbocycles. The number of carbonyl (C=O) groups excluding carboxylic acids is 1.